The van der Waals surface area contributed by atoms with Gasteiger partial charge in [-0.2, -0.15) is 0 Å². The summed E-state index contributed by atoms with van der Waals surface area (Å²) in [4.78, 5) is 28.8. The van der Waals surface area contributed by atoms with Gasteiger partial charge in [0, 0.05) is 38.4 Å². The van der Waals surface area contributed by atoms with Crippen molar-refractivity contribution in [3.8, 4) is 5.75 Å². The Morgan fingerprint density at radius 1 is 0.892 bits per heavy atom. The predicted molar refractivity (Wildman–Crippen MR) is 142 cm³/mol. The van der Waals surface area contributed by atoms with Crippen LogP contribution in [0.1, 0.15) is 38.7 Å². The Bertz CT molecular complexity index is 1010. The maximum atomic E-state index is 12.7. The lowest BCUT2D eigenvalue weighted by Crippen LogP contribution is -2.55. The summed E-state index contributed by atoms with van der Waals surface area (Å²) in [6, 6.07) is 17.4. The average Bonchev–Trinajstić information content (AvgIpc) is 2.91. The van der Waals surface area contributed by atoms with Gasteiger partial charge in [-0.15, -0.1) is 0 Å². The smallest absolute Gasteiger partial charge is 0.254 e. The van der Waals surface area contributed by atoms with Gasteiger partial charge in [-0.25, -0.2) is 0 Å². The van der Waals surface area contributed by atoms with Crippen molar-refractivity contribution in [1.82, 2.24) is 10.2 Å². The first-order chi connectivity index (χ1) is 17.8. The van der Waals surface area contributed by atoms with Crippen LogP contribution in [0.4, 0.5) is 5.69 Å². The maximum Gasteiger partial charge on any atom is 0.254 e. The molecule has 37 heavy (non-hydrogen) atoms. The van der Waals surface area contributed by atoms with Crippen LogP contribution in [-0.2, 0) is 16.1 Å². The molecule has 8 nitrogen and oxygen atoms in total. The Balaban J connectivity index is 1.21. The van der Waals surface area contributed by atoms with Crippen molar-refractivity contribution in [1.29, 1.82) is 0 Å². The standard InChI is InChI=1S/C29H39N3O5/c1-20-16-21(2)18-25(17-20)37-24-10-8-22(9-11-24)19-30-28(35)26(33)27(34)29(36)32-14-12-31(13-15-32)23-6-4-3-5-7-23/h3-11,20-21,25-27,33-34H,12-19H2,1-2H3,(H,30,35)/t20?,21?,25?,26-,27-/m1/s1. The Hall–Kier alpha value is -3.10. The minimum atomic E-state index is -1.84. The van der Waals surface area contributed by atoms with E-state index in [1.54, 1.807) is 0 Å². The summed E-state index contributed by atoms with van der Waals surface area (Å²) in [5, 5.41) is 23.3. The van der Waals surface area contributed by atoms with Crippen LogP contribution in [0.25, 0.3) is 0 Å². The summed E-state index contributed by atoms with van der Waals surface area (Å²) in [7, 11) is 0. The quantitative estimate of drug-likeness (QED) is 0.506. The molecule has 1 heterocycles. The van der Waals surface area contributed by atoms with Crippen molar-refractivity contribution >= 4 is 17.5 Å². The van der Waals surface area contributed by atoms with Crippen molar-refractivity contribution in [2.24, 2.45) is 11.8 Å². The lowest BCUT2D eigenvalue weighted by molar-refractivity contribution is -0.153. The third-order valence-electron chi connectivity index (χ3n) is 7.36. The molecule has 2 aromatic carbocycles. The number of rotatable bonds is 8. The summed E-state index contributed by atoms with van der Waals surface area (Å²) in [5.41, 5.74) is 1.91. The maximum absolute atomic E-state index is 12.7. The van der Waals surface area contributed by atoms with Crippen LogP contribution in [0, 0.1) is 11.8 Å². The lowest BCUT2D eigenvalue weighted by Gasteiger charge is -2.37. The van der Waals surface area contributed by atoms with Crippen LogP contribution in [-0.4, -0.2) is 71.4 Å². The van der Waals surface area contributed by atoms with E-state index in [0.29, 0.717) is 38.0 Å². The fraction of sp³-hybridized carbons (Fsp3) is 0.517. The topological polar surface area (TPSA) is 102 Å². The SMILES string of the molecule is CC1CC(C)CC(Oc2ccc(CNC(=O)[C@H](O)[C@@H](O)C(=O)N3CCN(c4ccccc4)CC3)cc2)C1. The van der Waals surface area contributed by atoms with E-state index < -0.39 is 24.0 Å². The highest BCUT2D eigenvalue weighted by Gasteiger charge is 2.34. The number of anilines is 1. The number of carbonyl (C=O) groups excluding carboxylic acids is 2. The van der Waals surface area contributed by atoms with Crippen LogP contribution >= 0.6 is 0 Å². The molecule has 2 fully saturated rings. The third kappa shape index (κ3) is 7.23. The van der Waals surface area contributed by atoms with Crippen LogP contribution in [0.5, 0.6) is 5.75 Å². The summed E-state index contributed by atoms with van der Waals surface area (Å²) < 4.78 is 6.16. The number of piperazine rings is 1. The molecule has 2 aliphatic rings. The molecule has 4 rings (SSSR count). The first-order valence-electron chi connectivity index (χ1n) is 13.3. The molecule has 2 amide bonds. The van der Waals surface area contributed by atoms with Crippen LogP contribution in [0.2, 0.25) is 0 Å². The highest BCUT2D eigenvalue weighted by Crippen LogP contribution is 2.31. The molecular formula is C29H39N3O5. The minimum Gasteiger partial charge on any atom is -0.490 e. The zero-order valence-electron chi connectivity index (χ0n) is 21.8. The molecule has 8 heteroatoms. The van der Waals surface area contributed by atoms with Crippen LogP contribution in [0.15, 0.2) is 54.6 Å². The van der Waals surface area contributed by atoms with E-state index in [2.05, 4.69) is 24.1 Å². The predicted octanol–water partition coefficient (Wildman–Crippen LogP) is 2.58. The number of hydrogen-bond donors (Lipinski definition) is 3. The number of hydrogen-bond acceptors (Lipinski definition) is 6. The number of aliphatic hydroxyl groups is 2. The lowest BCUT2D eigenvalue weighted by atomic mass is 9.82. The second-order valence-electron chi connectivity index (χ2n) is 10.6. The molecule has 0 bridgehead atoms. The van der Waals surface area contributed by atoms with Gasteiger partial charge in [0.15, 0.2) is 12.2 Å². The number of benzene rings is 2. The van der Waals surface area contributed by atoms with E-state index >= 15 is 0 Å². The van der Waals surface area contributed by atoms with E-state index in [0.717, 1.165) is 29.8 Å². The van der Waals surface area contributed by atoms with Crippen LogP contribution in [0.3, 0.4) is 0 Å². The van der Waals surface area contributed by atoms with Gasteiger partial charge in [-0.3, -0.25) is 9.59 Å². The number of nitrogens with one attached hydrogen (secondary N) is 1. The Labute approximate surface area is 219 Å². The Morgan fingerprint density at radius 2 is 1.51 bits per heavy atom. The fourth-order valence-electron chi connectivity index (χ4n) is 5.43. The van der Waals surface area contributed by atoms with Crippen molar-refractivity contribution in [2.75, 3.05) is 31.1 Å². The Morgan fingerprint density at radius 3 is 2.14 bits per heavy atom. The molecule has 1 aliphatic heterocycles. The van der Waals surface area contributed by atoms with Crippen molar-refractivity contribution in [3.05, 3.63) is 60.2 Å². The number of nitrogens with zero attached hydrogens (tertiary/aromatic N) is 2. The highest BCUT2D eigenvalue weighted by atomic mass is 16.5. The van der Waals surface area contributed by atoms with Gasteiger partial charge in [0.1, 0.15) is 5.75 Å². The van der Waals surface area contributed by atoms with Gasteiger partial charge in [-0.05, 0) is 60.9 Å². The molecule has 200 valence electrons. The van der Waals surface area contributed by atoms with E-state index in [-0.39, 0.29) is 12.6 Å². The molecular weight excluding hydrogens is 470 g/mol. The number of para-hydroxylation sites is 1. The van der Waals surface area contributed by atoms with Gasteiger partial charge < -0.3 is 30.1 Å². The molecule has 4 atom stereocenters. The number of carbonyl (C=O) groups is 2. The third-order valence-corrected chi connectivity index (χ3v) is 7.36. The molecule has 1 aliphatic carbocycles. The average molecular weight is 510 g/mol. The summed E-state index contributed by atoms with van der Waals surface area (Å²) in [6.45, 7) is 6.75. The molecule has 2 unspecified atom stereocenters. The fourth-order valence-corrected chi connectivity index (χ4v) is 5.43. The van der Waals surface area contributed by atoms with Gasteiger partial charge in [0.05, 0.1) is 6.10 Å². The Kier molecular flexibility index (Phi) is 9.05. The zero-order chi connectivity index (χ0) is 26.4. The minimum absolute atomic E-state index is 0.171. The normalized spacial score (nSPS) is 23.7. The molecule has 1 saturated heterocycles. The largest absolute Gasteiger partial charge is 0.490 e. The first-order valence-corrected chi connectivity index (χ1v) is 13.3. The molecule has 2 aromatic rings. The van der Waals surface area contributed by atoms with Crippen LogP contribution < -0.4 is 15.0 Å². The first kappa shape index (κ1) is 26.9. The van der Waals surface area contributed by atoms with E-state index in [1.807, 2.05) is 54.6 Å². The monoisotopic (exact) mass is 509 g/mol. The summed E-state index contributed by atoms with van der Waals surface area (Å²) >= 11 is 0. The van der Waals surface area contributed by atoms with E-state index in [4.69, 9.17) is 4.74 Å². The zero-order valence-corrected chi connectivity index (χ0v) is 21.8. The van der Waals surface area contributed by atoms with Gasteiger partial charge in [-0.1, -0.05) is 44.2 Å². The van der Waals surface area contributed by atoms with Crippen molar-refractivity contribution in [3.63, 3.8) is 0 Å². The van der Waals surface area contributed by atoms with Crippen molar-refractivity contribution in [2.45, 2.75) is 58.0 Å². The summed E-state index contributed by atoms with van der Waals surface area (Å²) in [5.74, 6) is 0.707. The second kappa shape index (κ2) is 12.4. The van der Waals surface area contributed by atoms with E-state index in [1.165, 1.54) is 11.3 Å². The second-order valence-corrected chi connectivity index (χ2v) is 10.6. The van der Waals surface area contributed by atoms with Crippen molar-refractivity contribution < 1.29 is 24.5 Å². The number of aliphatic hydroxyl groups excluding tert-OH is 2. The van der Waals surface area contributed by atoms with E-state index in [9.17, 15) is 19.8 Å². The molecule has 0 spiro atoms. The molecule has 0 radical (unpaired) electrons. The highest BCUT2D eigenvalue weighted by molar-refractivity contribution is 5.90. The number of ether oxygens (including phenoxy) is 1. The van der Waals surface area contributed by atoms with Gasteiger partial charge in [0.25, 0.3) is 11.8 Å². The van der Waals surface area contributed by atoms with Gasteiger partial charge in [0.2, 0.25) is 0 Å². The molecule has 3 N–H and O–H groups in total. The number of amides is 2. The summed E-state index contributed by atoms with van der Waals surface area (Å²) in [6.07, 6.45) is -0.0555. The molecule has 1 saturated carbocycles. The van der Waals surface area contributed by atoms with Gasteiger partial charge >= 0.3 is 0 Å². The molecule has 0 aromatic heterocycles.